The summed E-state index contributed by atoms with van der Waals surface area (Å²) in [6.07, 6.45) is 14.6. The smallest absolute Gasteiger partial charge is 0.137 e. The van der Waals surface area contributed by atoms with Gasteiger partial charge in [0.2, 0.25) is 0 Å². The molecule has 2 aromatic heterocycles. The van der Waals surface area contributed by atoms with Gasteiger partial charge < -0.3 is 14.6 Å². The number of hydrogen-bond donors (Lipinski definition) is 2. The summed E-state index contributed by atoms with van der Waals surface area (Å²) >= 11 is 0. The molecule has 4 atom stereocenters. The average molecular weight is 534 g/mol. The number of rotatable bonds is 9. The number of alkyl halides is 1. The number of fused-ring (bicyclic) bond motifs is 2. The zero-order chi connectivity index (χ0) is 27.4. The van der Waals surface area contributed by atoms with Crippen molar-refractivity contribution in [3.8, 4) is 5.75 Å². The van der Waals surface area contributed by atoms with Crippen molar-refractivity contribution in [2.75, 3.05) is 19.8 Å². The number of allylic oxidation sites excluding steroid dienone is 1. The number of halogens is 1. The van der Waals surface area contributed by atoms with Crippen LogP contribution in [-0.4, -0.2) is 50.4 Å². The summed E-state index contributed by atoms with van der Waals surface area (Å²) in [6.45, 7) is 6.41. The van der Waals surface area contributed by atoms with Crippen LogP contribution in [0.15, 0.2) is 48.8 Å². The number of nitrogens with zero attached hydrogens (tertiary/aromatic N) is 3. The van der Waals surface area contributed by atoms with Gasteiger partial charge in [0.25, 0.3) is 0 Å². The van der Waals surface area contributed by atoms with Crippen molar-refractivity contribution in [2.45, 2.75) is 77.9 Å². The van der Waals surface area contributed by atoms with Gasteiger partial charge in [0.1, 0.15) is 11.4 Å². The first kappa shape index (κ1) is 27.9. The van der Waals surface area contributed by atoms with Crippen LogP contribution in [-0.2, 0) is 13.0 Å². The lowest BCUT2D eigenvalue weighted by Crippen LogP contribution is -2.20. The molecule has 3 heterocycles. The van der Waals surface area contributed by atoms with Gasteiger partial charge in [-0.2, -0.15) is 0 Å². The molecule has 210 valence electrons. The van der Waals surface area contributed by atoms with Gasteiger partial charge in [-0.05, 0) is 110 Å². The fraction of sp³-hybridized carbons (Fsp3) is 0.545. The number of hydrogen-bond acceptors (Lipinski definition) is 4. The van der Waals surface area contributed by atoms with Gasteiger partial charge in [-0.25, -0.2) is 4.98 Å². The zero-order valence-electron chi connectivity index (χ0n) is 23.5. The maximum absolute atomic E-state index is 13.1. The predicted octanol–water partition coefficient (Wildman–Crippen LogP) is 6.79. The highest BCUT2D eigenvalue weighted by Gasteiger charge is 2.24. The van der Waals surface area contributed by atoms with Crippen LogP contribution in [0.5, 0.6) is 5.75 Å². The van der Waals surface area contributed by atoms with Gasteiger partial charge in [-0.1, -0.05) is 31.9 Å². The van der Waals surface area contributed by atoms with Crippen molar-refractivity contribution in [3.63, 3.8) is 0 Å². The number of aryl methyl sites for hydroxylation is 1. The minimum atomic E-state index is -0.275. The molecule has 2 aliphatic rings. The Kier molecular flexibility index (Phi) is 9.03. The van der Waals surface area contributed by atoms with E-state index in [-0.39, 0.29) is 18.7 Å². The van der Waals surface area contributed by atoms with E-state index in [0.29, 0.717) is 17.6 Å². The first-order valence-electron chi connectivity index (χ1n) is 14.9. The van der Waals surface area contributed by atoms with E-state index < -0.39 is 0 Å². The Morgan fingerprint density at radius 2 is 2.00 bits per heavy atom. The van der Waals surface area contributed by atoms with Crippen molar-refractivity contribution in [1.29, 1.82) is 0 Å². The van der Waals surface area contributed by atoms with Crippen molar-refractivity contribution >= 4 is 11.2 Å². The number of benzene rings is 1. The molecule has 1 aromatic carbocycles. The number of pyridine rings is 1. The van der Waals surface area contributed by atoms with Crippen LogP contribution in [0.1, 0.15) is 81.2 Å². The summed E-state index contributed by atoms with van der Waals surface area (Å²) in [5.74, 6) is 1.42. The number of phenolic OH excluding ortho intramolecular Hbond substituents is 1. The van der Waals surface area contributed by atoms with Gasteiger partial charge in [0, 0.05) is 31.4 Å². The Morgan fingerprint density at radius 1 is 1.13 bits per heavy atom. The second kappa shape index (κ2) is 12.6. The highest BCUT2D eigenvalue weighted by atomic mass is 19.1. The minimum absolute atomic E-state index is 0.156. The normalized spacial score (nSPS) is 22.1. The topological polar surface area (TPSA) is 61.0 Å². The summed E-state index contributed by atoms with van der Waals surface area (Å²) in [7, 11) is 0. The lowest BCUT2D eigenvalue weighted by Gasteiger charge is -2.25. The quantitative estimate of drug-likeness (QED) is 0.318. The summed E-state index contributed by atoms with van der Waals surface area (Å²) in [6, 6.07) is 10.2. The fourth-order valence-corrected chi connectivity index (χ4v) is 6.62. The van der Waals surface area contributed by atoms with Crippen LogP contribution in [0.4, 0.5) is 4.39 Å². The van der Waals surface area contributed by atoms with Crippen LogP contribution < -0.4 is 0 Å². The summed E-state index contributed by atoms with van der Waals surface area (Å²) in [4.78, 5) is 7.27. The van der Waals surface area contributed by atoms with Gasteiger partial charge >= 0.3 is 0 Å². The number of aliphatic hydroxyl groups is 1. The molecule has 1 aliphatic heterocycles. The molecule has 39 heavy (non-hydrogen) atoms. The Bertz CT molecular complexity index is 1280. The van der Waals surface area contributed by atoms with Crippen LogP contribution >= 0.6 is 0 Å². The SMILES string of the molecule is CCC(CCC(C)O)C1C=C(c2ccn3cc(CN4CCC(CF)C4)nc3c2)c2ccc(O)cc2CCCC1. The van der Waals surface area contributed by atoms with E-state index in [4.69, 9.17) is 4.98 Å². The average Bonchev–Trinajstić information content (AvgIpc) is 3.56. The third-order valence-electron chi connectivity index (χ3n) is 8.87. The highest BCUT2D eigenvalue weighted by molar-refractivity contribution is 5.83. The lowest BCUT2D eigenvalue weighted by atomic mass is 9.80. The molecule has 1 aliphatic carbocycles. The third kappa shape index (κ3) is 6.72. The second-order valence-electron chi connectivity index (χ2n) is 11.9. The number of aromatic hydroxyl groups is 1. The van der Waals surface area contributed by atoms with Crippen LogP contribution in [0.25, 0.3) is 11.2 Å². The number of aromatic nitrogens is 2. The van der Waals surface area contributed by atoms with Crippen molar-refractivity contribution < 1.29 is 14.6 Å². The molecule has 0 radical (unpaired) electrons. The summed E-state index contributed by atoms with van der Waals surface area (Å²) in [5, 5.41) is 20.3. The Balaban J connectivity index is 1.51. The van der Waals surface area contributed by atoms with Gasteiger partial charge in [0.05, 0.1) is 18.5 Å². The van der Waals surface area contributed by atoms with Crippen molar-refractivity contribution in [2.24, 2.45) is 17.8 Å². The standard InChI is InChI=1S/C33H44FN3O2/c1-3-25(9-8-23(2)38)26-6-4-5-7-27-16-30(39)10-11-31(27)32(17-26)28-13-15-37-22-29(35-33(37)18-28)21-36-14-12-24(19-34)20-36/h10-11,13,15-18,22-26,38-39H,3-9,12,14,19-21H2,1-2H3. The third-order valence-corrected chi connectivity index (χ3v) is 8.87. The van der Waals surface area contributed by atoms with E-state index in [2.05, 4.69) is 52.9 Å². The molecule has 3 aromatic rings. The largest absolute Gasteiger partial charge is 0.508 e. The molecule has 5 rings (SSSR count). The zero-order valence-corrected chi connectivity index (χ0v) is 23.5. The fourth-order valence-electron chi connectivity index (χ4n) is 6.62. The van der Waals surface area contributed by atoms with Gasteiger partial charge in [-0.15, -0.1) is 0 Å². The van der Waals surface area contributed by atoms with Crippen molar-refractivity contribution in [1.82, 2.24) is 14.3 Å². The maximum Gasteiger partial charge on any atom is 0.137 e. The molecule has 1 fully saturated rings. The van der Waals surface area contributed by atoms with Gasteiger partial charge in [-0.3, -0.25) is 9.29 Å². The Labute approximate surface area is 232 Å². The van der Waals surface area contributed by atoms with E-state index >= 15 is 0 Å². The lowest BCUT2D eigenvalue weighted by molar-refractivity contribution is 0.165. The molecule has 0 spiro atoms. The molecular weight excluding hydrogens is 489 g/mol. The first-order valence-corrected chi connectivity index (χ1v) is 14.9. The van der Waals surface area contributed by atoms with Crippen molar-refractivity contribution in [3.05, 3.63) is 71.2 Å². The number of aliphatic hydroxyl groups excluding tert-OH is 1. The Hall–Kier alpha value is -2.70. The van der Waals surface area contributed by atoms with E-state index in [1.54, 1.807) is 6.07 Å². The summed E-state index contributed by atoms with van der Waals surface area (Å²) in [5.41, 5.74) is 6.67. The highest BCUT2D eigenvalue weighted by Crippen LogP contribution is 2.37. The van der Waals surface area contributed by atoms with E-state index in [1.165, 1.54) is 16.7 Å². The monoisotopic (exact) mass is 533 g/mol. The van der Waals surface area contributed by atoms with Gasteiger partial charge in [0.15, 0.2) is 0 Å². The van der Waals surface area contributed by atoms with E-state index in [1.807, 2.05) is 13.0 Å². The molecular formula is C33H44FN3O2. The minimum Gasteiger partial charge on any atom is -0.508 e. The van der Waals surface area contributed by atoms with E-state index in [9.17, 15) is 14.6 Å². The number of phenols is 1. The predicted molar refractivity (Wildman–Crippen MR) is 155 cm³/mol. The Morgan fingerprint density at radius 3 is 2.77 bits per heavy atom. The maximum atomic E-state index is 13.1. The molecule has 2 N–H and O–H groups in total. The number of imidazole rings is 1. The summed E-state index contributed by atoms with van der Waals surface area (Å²) < 4.78 is 15.2. The molecule has 0 amide bonds. The molecule has 1 saturated heterocycles. The van der Waals surface area contributed by atoms with Crippen LogP contribution in [0, 0.1) is 17.8 Å². The van der Waals surface area contributed by atoms with E-state index in [0.717, 1.165) is 87.9 Å². The molecule has 5 nitrogen and oxygen atoms in total. The molecule has 6 heteroatoms. The second-order valence-corrected chi connectivity index (χ2v) is 11.9. The number of likely N-dealkylation sites (tertiary alicyclic amines) is 1. The molecule has 0 bridgehead atoms. The molecule has 4 unspecified atom stereocenters. The van der Waals surface area contributed by atoms with Crippen LogP contribution in [0.2, 0.25) is 0 Å². The van der Waals surface area contributed by atoms with Crippen LogP contribution in [0.3, 0.4) is 0 Å². The molecule has 0 saturated carbocycles. The first-order chi connectivity index (χ1) is 18.9.